The lowest BCUT2D eigenvalue weighted by molar-refractivity contribution is -0.000196. The molecule has 1 amide bonds. The Morgan fingerprint density at radius 3 is 2.67 bits per heavy atom. The topological polar surface area (TPSA) is 72.2 Å². The molecule has 0 unspecified atom stereocenters. The zero-order valence-corrected chi connectivity index (χ0v) is 14.2. The number of methoxy groups -OCH3 is 1. The van der Waals surface area contributed by atoms with Crippen LogP contribution in [0.25, 0.3) is 0 Å². The molecule has 2 fully saturated rings. The number of rotatable bonds is 3. The summed E-state index contributed by atoms with van der Waals surface area (Å²) in [5, 5.41) is 0. The van der Waals surface area contributed by atoms with E-state index in [2.05, 4.69) is 4.90 Å². The molecule has 0 saturated carbocycles. The number of carbonyl (C=O) groups excluding carboxylic acids is 1. The molecule has 1 atom stereocenters. The van der Waals surface area contributed by atoms with E-state index in [1.165, 1.54) is 19.4 Å². The molecule has 2 saturated heterocycles. The fourth-order valence-corrected chi connectivity index (χ4v) is 3.47. The molecule has 1 aromatic rings. The van der Waals surface area contributed by atoms with Gasteiger partial charge in [0.1, 0.15) is 6.26 Å². The first-order valence-electron chi connectivity index (χ1n) is 8.39. The van der Waals surface area contributed by atoms with E-state index in [0.717, 1.165) is 39.1 Å². The maximum Gasteiger partial charge on any atom is 0.290 e. The van der Waals surface area contributed by atoms with Gasteiger partial charge in [-0.05, 0) is 19.8 Å². The summed E-state index contributed by atoms with van der Waals surface area (Å²) in [4.78, 5) is 28.7. The molecule has 3 rings (SSSR count). The smallest absolute Gasteiger partial charge is 0.290 e. The van der Waals surface area contributed by atoms with Crippen LogP contribution in [-0.2, 0) is 4.74 Å². The Labute approximate surface area is 141 Å². The molecule has 3 heterocycles. The van der Waals surface area contributed by atoms with Crippen LogP contribution < -0.4 is 10.2 Å². The number of amides is 1. The van der Waals surface area contributed by atoms with E-state index in [9.17, 15) is 9.59 Å². The summed E-state index contributed by atoms with van der Waals surface area (Å²) in [6.07, 6.45) is 3.29. The monoisotopic (exact) mass is 336 g/mol. The fraction of sp³-hybridized carbons (Fsp3) is 0.647. The second-order valence-corrected chi connectivity index (χ2v) is 6.36. The molecule has 0 radical (unpaired) electrons. The molecule has 0 spiro atoms. The van der Waals surface area contributed by atoms with Crippen LogP contribution in [0.4, 0.5) is 0 Å². The van der Waals surface area contributed by atoms with E-state index in [4.69, 9.17) is 13.9 Å². The van der Waals surface area contributed by atoms with Crippen molar-refractivity contribution in [1.82, 2.24) is 9.80 Å². The van der Waals surface area contributed by atoms with Crippen LogP contribution in [0.15, 0.2) is 21.5 Å². The van der Waals surface area contributed by atoms with Gasteiger partial charge in [-0.15, -0.1) is 0 Å². The average Bonchev–Trinajstić information content (AvgIpc) is 2.61. The van der Waals surface area contributed by atoms with Crippen LogP contribution in [0.3, 0.4) is 0 Å². The van der Waals surface area contributed by atoms with Crippen LogP contribution in [0, 0.1) is 0 Å². The minimum Gasteiger partial charge on any atom is -0.490 e. The number of nitrogens with zero attached hydrogens (tertiary/aromatic N) is 2. The van der Waals surface area contributed by atoms with Crippen LogP contribution in [-0.4, -0.2) is 67.7 Å². The van der Waals surface area contributed by atoms with Gasteiger partial charge in [0.05, 0.1) is 7.11 Å². The first kappa shape index (κ1) is 17.0. The van der Waals surface area contributed by atoms with Gasteiger partial charge < -0.3 is 18.8 Å². The molecule has 7 heteroatoms. The van der Waals surface area contributed by atoms with E-state index >= 15 is 0 Å². The van der Waals surface area contributed by atoms with Crippen molar-refractivity contribution in [2.75, 3.05) is 40.0 Å². The molecule has 132 valence electrons. The van der Waals surface area contributed by atoms with Crippen molar-refractivity contribution >= 4 is 5.91 Å². The number of ether oxygens (including phenoxy) is 2. The second-order valence-electron chi connectivity index (χ2n) is 6.36. The lowest BCUT2D eigenvalue weighted by Crippen LogP contribution is -2.57. The summed E-state index contributed by atoms with van der Waals surface area (Å²) in [6.45, 7) is 5.96. The van der Waals surface area contributed by atoms with Crippen LogP contribution in [0.2, 0.25) is 0 Å². The standard InChI is InChI=1S/C17H24N2O5/c1-12-10-18(13-3-7-23-8-4-13)5-6-19(12)17(21)15-9-14(20)16(22-2)11-24-15/h9,11-13H,3-8,10H2,1-2H3/t12-/m1/s1. The molecule has 0 bridgehead atoms. The van der Waals surface area contributed by atoms with E-state index in [-0.39, 0.29) is 28.9 Å². The van der Waals surface area contributed by atoms with Crippen molar-refractivity contribution in [3.05, 3.63) is 28.3 Å². The van der Waals surface area contributed by atoms with Gasteiger partial charge in [0.25, 0.3) is 5.91 Å². The number of piperazine rings is 1. The third-order valence-corrected chi connectivity index (χ3v) is 4.86. The van der Waals surface area contributed by atoms with Crippen molar-refractivity contribution in [2.45, 2.75) is 31.8 Å². The van der Waals surface area contributed by atoms with Gasteiger partial charge >= 0.3 is 0 Å². The summed E-state index contributed by atoms with van der Waals surface area (Å²) in [5.74, 6) is -0.0787. The quantitative estimate of drug-likeness (QED) is 0.819. The van der Waals surface area contributed by atoms with E-state index in [0.29, 0.717) is 12.6 Å². The molecular weight excluding hydrogens is 312 g/mol. The van der Waals surface area contributed by atoms with Crippen molar-refractivity contribution in [2.24, 2.45) is 0 Å². The summed E-state index contributed by atoms with van der Waals surface area (Å²) in [7, 11) is 1.39. The van der Waals surface area contributed by atoms with E-state index < -0.39 is 0 Å². The maximum atomic E-state index is 12.7. The highest BCUT2D eigenvalue weighted by atomic mass is 16.5. The Hall–Kier alpha value is -1.86. The SMILES string of the molecule is COc1coc(C(=O)N2CCN(C3CCOCC3)C[C@H]2C)cc1=O. The summed E-state index contributed by atoms with van der Waals surface area (Å²) < 4.78 is 15.6. The molecular formula is C17H24N2O5. The van der Waals surface area contributed by atoms with Gasteiger partial charge in [-0.1, -0.05) is 0 Å². The second kappa shape index (κ2) is 7.36. The molecule has 24 heavy (non-hydrogen) atoms. The minimum atomic E-state index is -0.347. The Balaban J connectivity index is 1.66. The third-order valence-electron chi connectivity index (χ3n) is 4.86. The minimum absolute atomic E-state index is 0.0622. The predicted octanol–water partition coefficient (Wildman–Crippen LogP) is 0.974. The molecule has 0 N–H and O–H groups in total. The van der Waals surface area contributed by atoms with Crippen LogP contribution in [0.5, 0.6) is 5.75 Å². The molecule has 2 aliphatic heterocycles. The summed E-state index contributed by atoms with van der Waals surface area (Å²) in [6, 6.07) is 1.82. The van der Waals surface area contributed by atoms with E-state index in [1.807, 2.05) is 6.92 Å². The van der Waals surface area contributed by atoms with Crippen molar-refractivity contribution in [3.63, 3.8) is 0 Å². The predicted molar refractivity (Wildman–Crippen MR) is 87.4 cm³/mol. The van der Waals surface area contributed by atoms with Gasteiger partial charge in [-0.3, -0.25) is 14.5 Å². The van der Waals surface area contributed by atoms with Crippen molar-refractivity contribution in [3.8, 4) is 5.75 Å². The molecule has 0 aliphatic carbocycles. The average molecular weight is 336 g/mol. The first-order valence-corrected chi connectivity index (χ1v) is 8.39. The summed E-state index contributed by atoms with van der Waals surface area (Å²) >= 11 is 0. The molecule has 2 aliphatic rings. The zero-order valence-electron chi connectivity index (χ0n) is 14.2. The van der Waals surface area contributed by atoms with E-state index in [1.54, 1.807) is 4.90 Å². The molecule has 1 aromatic heterocycles. The van der Waals surface area contributed by atoms with Crippen LogP contribution in [0.1, 0.15) is 30.3 Å². The van der Waals surface area contributed by atoms with Gasteiger partial charge in [0, 0.05) is 51.0 Å². The highest BCUT2D eigenvalue weighted by molar-refractivity contribution is 5.91. The Kier molecular flexibility index (Phi) is 5.20. The van der Waals surface area contributed by atoms with Crippen molar-refractivity contribution < 1.29 is 18.7 Å². The lowest BCUT2D eigenvalue weighted by Gasteiger charge is -2.44. The molecule has 7 nitrogen and oxygen atoms in total. The maximum absolute atomic E-state index is 12.7. The van der Waals surface area contributed by atoms with Gasteiger partial charge in [-0.25, -0.2) is 0 Å². The highest BCUT2D eigenvalue weighted by Gasteiger charge is 2.33. The summed E-state index contributed by atoms with van der Waals surface area (Å²) in [5.41, 5.74) is -0.347. The van der Waals surface area contributed by atoms with Gasteiger partial charge in [0.2, 0.25) is 11.2 Å². The highest BCUT2D eigenvalue weighted by Crippen LogP contribution is 2.20. The van der Waals surface area contributed by atoms with Crippen LogP contribution >= 0.6 is 0 Å². The normalized spacial score (nSPS) is 23.2. The van der Waals surface area contributed by atoms with Gasteiger partial charge in [0.15, 0.2) is 5.76 Å². The number of hydrogen-bond acceptors (Lipinski definition) is 6. The largest absolute Gasteiger partial charge is 0.490 e. The van der Waals surface area contributed by atoms with Crippen molar-refractivity contribution in [1.29, 1.82) is 0 Å². The van der Waals surface area contributed by atoms with Gasteiger partial charge in [-0.2, -0.15) is 0 Å². The third kappa shape index (κ3) is 3.47. The molecule has 0 aromatic carbocycles. The Morgan fingerprint density at radius 1 is 1.29 bits per heavy atom. The Morgan fingerprint density at radius 2 is 2.04 bits per heavy atom. The Bertz CT molecular complexity index is 638. The number of carbonyl (C=O) groups is 1. The number of hydrogen-bond donors (Lipinski definition) is 0. The lowest BCUT2D eigenvalue weighted by atomic mass is 10.0. The first-order chi connectivity index (χ1) is 11.6. The zero-order chi connectivity index (χ0) is 17.1. The fourth-order valence-electron chi connectivity index (χ4n) is 3.47.